The lowest BCUT2D eigenvalue weighted by atomic mass is 9.80. The van der Waals surface area contributed by atoms with Crippen molar-refractivity contribution in [1.29, 1.82) is 0 Å². The number of carbonyl (C=O) groups excluding carboxylic acids is 1. The molecule has 2 aromatic rings. The third-order valence-corrected chi connectivity index (χ3v) is 5.92. The number of benzene rings is 1. The average molecular weight is 402 g/mol. The Morgan fingerprint density at radius 1 is 1.28 bits per heavy atom. The maximum absolute atomic E-state index is 12.7. The number of nitrogens with zero attached hydrogens (tertiary/aromatic N) is 3. The quantitative estimate of drug-likeness (QED) is 0.728. The maximum Gasteiger partial charge on any atom is 0.252 e. The molecule has 4 N–H and O–H groups in total. The van der Waals surface area contributed by atoms with Crippen LogP contribution in [0.2, 0.25) is 0 Å². The predicted molar refractivity (Wildman–Crippen MR) is 106 cm³/mol. The van der Waals surface area contributed by atoms with Crippen LogP contribution in [0.15, 0.2) is 18.5 Å². The van der Waals surface area contributed by atoms with Gasteiger partial charge in [0, 0.05) is 29.9 Å². The molecule has 1 amide bonds. The van der Waals surface area contributed by atoms with Gasteiger partial charge in [-0.2, -0.15) is 0 Å². The zero-order chi connectivity index (χ0) is 20.8. The summed E-state index contributed by atoms with van der Waals surface area (Å²) < 4.78 is 25.4. The monoisotopic (exact) mass is 402 g/mol. The van der Waals surface area contributed by atoms with Crippen molar-refractivity contribution in [2.45, 2.75) is 38.7 Å². The molecule has 154 valence electrons. The SMILES string of the molecule is Cc1cc(Nc2ncnc(N)c2C)cc2c1C(=O)NC21CCN(CC(F)F)CC1. The Morgan fingerprint density at radius 3 is 2.69 bits per heavy atom. The summed E-state index contributed by atoms with van der Waals surface area (Å²) in [5, 5.41) is 6.41. The van der Waals surface area contributed by atoms with Gasteiger partial charge in [-0.15, -0.1) is 0 Å². The number of fused-ring (bicyclic) bond motifs is 2. The van der Waals surface area contributed by atoms with Gasteiger partial charge in [-0.1, -0.05) is 0 Å². The van der Waals surface area contributed by atoms with Gasteiger partial charge >= 0.3 is 0 Å². The molecule has 2 aliphatic rings. The Balaban J connectivity index is 1.65. The van der Waals surface area contributed by atoms with E-state index in [2.05, 4.69) is 20.6 Å². The van der Waals surface area contributed by atoms with Crippen molar-refractivity contribution in [3.8, 4) is 0 Å². The van der Waals surface area contributed by atoms with Crippen molar-refractivity contribution < 1.29 is 13.6 Å². The van der Waals surface area contributed by atoms with E-state index in [0.717, 1.165) is 22.4 Å². The number of piperidine rings is 1. The first-order valence-corrected chi connectivity index (χ1v) is 9.61. The minimum absolute atomic E-state index is 0.103. The number of nitrogens with one attached hydrogen (secondary N) is 2. The molecular weight excluding hydrogens is 378 g/mol. The molecule has 0 saturated carbocycles. The van der Waals surface area contributed by atoms with E-state index in [-0.39, 0.29) is 12.5 Å². The van der Waals surface area contributed by atoms with Crippen LogP contribution in [0.25, 0.3) is 0 Å². The third-order valence-electron chi connectivity index (χ3n) is 5.92. The second-order valence-corrected chi connectivity index (χ2v) is 7.80. The number of hydrogen-bond donors (Lipinski definition) is 3. The van der Waals surface area contributed by atoms with Crippen molar-refractivity contribution in [3.05, 3.63) is 40.7 Å². The van der Waals surface area contributed by atoms with Gasteiger partial charge in [0.1, 0.15) is 18.0 Å². The number of rotatable bonds is 4. The molecule has 1 saturated heterocycles. The Morgan fingerprint density at radius 2 is 2.00 bits per heavy atom. The molecule has 0 radical (unpaired) electrons. The Hall–Kier alpha value is -2.81. The summed E-state index contributed by atoms with van der Waals surface area (Å²) in [4.78, 5) is 22.7. The molecule has 1 aromatic heterocycles. The fourth-order valence-electron chi connectivity index (χ4n) is 4.32. The van der Waals surface area contributed by atoms with Crippen LogP contribution in [-0.2, 0) is 5.54 Å². The van der Waals surface area contributed by atoms with Crippen LogP contribution in [0.5, 0.6) is 0 Å². The summed E-state index contributed by atoms with van der Waals surface area (Å²) in [7, 11) is 0. The molecular formula is C20H24F2N6O. The van der Waals surface area contributed by atoms with Crippen LogP contribution in [-0.4, -0.2) is 46.8 Å². The van der Waals surface area contributed by atoms with E-state index in [4.69, 9.17) is 5.73 Å². The molecule has 1 fully saturated rings. The van der Waals surface area contributed by atoms with Gasteiger partial charge in [0.15, 0.2) is 0 Å². The van der Waals surface area contributed by atoms with Crippen molar-refractivity contribution in [3.63, 3.8) is 0 Å². The molecule has 0 aliphatic carbocycles. The van der Waals surface area contributed by atoms with Crippen molar-refractivity contribution in [1.82, 2.24) is 20.2 Å². The lowest BCUT2D eigenvalue weighted by molar-refractivity contribution is 0.0554. The number of likely N-dealkylation sites (tertiary alicyclic amines) is 1. The topological polar surface area (TPSA) is 96.2 Å². The lowest BCUT2D eigenvalue weighted by Gasteiger charge is -2.40. The van der Waals surface area contributed by atoms with E-state index in [9.17, 15) is 13.6 Å². The Labute approximate surface area is 167 Å². The molecule has 4 rings (SSSR count). The molecule has 29 heavy (non-hydrogen) atoms. The van der Waals surface area contributed by atoms with Gasteiger partial charge in [-0.3, -0.25) is 9.69 Å². The largest absolute Gasteiger partial charge is 0.383 e. The molecule has 7 nitrogen and oxygen atoms in total. The highest BCUT2D eigenvalue weighted by molar-refractivity contribution is 6.02. The molecule has 3 heterocycles. The second-order valence-electron chi connectivity index (χ2n) is 7.80. The second kappa shape index (κ2) is 7.22. The molecule has 1 spiro atoms. The van der Waals surface area contributed by atoms with E-state index in [1.165, 1.54) is 6.33 Å². The first-order valence-electron chi connectivity index (χ1n) is 9.61. The number of nitrogen functional groups attached to an aromatic ring is 1. The number of halogens is 2. The number of hydrogen-bond acceptors (Lipinski definition) is 6. The minimum atomic E-state index is -2.35. The number of nitrogens with two attached hydrogens (primary N) is 1. The first-order chi connectivity index (χ1) is 13.8. The molecule has 0 bridgehead atoms. The molecule has 1 aromatic carbocycles. The number of aromatic nitrogens is 2. The highest BCUT2D eigenvalue weighted by Gasteiger charge is 2.45. The standard InChI is InChI=1S/C20H24F2N6O/c1-11-7-13(26-18-12(2)17(23)24-10-25-18)8-14-16(11)19(29)27-20(14)3-5-28(6-4-20)9-15(21)22/h7-8,10,15H,3-6,9H2,1-2H3,(H,27,29)(H3,23,24,25,26). The third kappa shape index (κ3) is 3.50. The smallest absolute Gasteiger partial charge is 0.252 e. The van der Waals surface area contributed by atoms with Gasteiger partial charge in [0.25, 0.3) is 12.3 Å². The number of amides is 1. The van der Waals surface area contributed by atoms with Crippen molar-refractivity contribution >= 4 is 23.2 Å². The van der Waals surface area contributed by atoms with Crippen molar-refractivity contribution in [2.24, 2.45) is 0 Å². The van der Waals surface area contributed by atoms with Crippen LogP contribution in [0.1, 0.15) is 39.9 Å². The number of alkyl halides is 2. The fourth-order valence-corrected chi connectivity index (χ4v) is 4.32. The fraction of sp³-hybridized carbons (Fsp3) is 0.450. The minimum Gasteiger partial charge on any atom is -0.383 e. The van der Waals surface area contributed by atoms with E-state index >= 15 is 0 Å². The summed E-state index contributed by atoms with van der Waals surface area (Å²) in [5.74, 6) is 0.906. The van der Waals surface area contributed by atoms with Crippen molar-refractivity contribution in [2.75, 3.05) is 30.7 Å². The van der Waals surface area contributed by atoms with Crippen LogP contribution < -0.4 is 16.4 Å². The van der Waals surface area contributed by atoms with E-state index in [1.54, 1.807) is 4.90 Å². The summed E-state index contributed by atoms with van der Waals surface area (Å²) in [6, 6.07) is 3.86. The predicted octanol–water partition coefficient (Wildman–Crippen LogP) is 2.72. The van der Waals surface area contributed by atoms with Crippen LogP contribution in [0.3, 0.4) is 0 Å². The molecule has 0 atom stereocenters. The Bertz CT molecular complexity index is 956. The summed E-state index contributed by atoms with van der Waals surface area (Å²) >= 11 is 0. The molecule has 0 unspecified atom stereocenters. The zero-order valence-electron chi connectivity index (χ0n) is 16.4. The summed E-state index contributed by atoms with van der Waals surface area (Å²) in [6.45, 7) is 4.54. The van der Waals surface area contributed by atoms with Gasteiger partial charge < -0.3 is 16.4 Å². The Kier molecular flexibility index (Phi) is 4.85. The van der Waals surface area contributed by atoms with Gasteiger partial charge in [0.05, 0.1) is 12.1 Å². The first kappa shape index (κ1) is 19.5. The van der Waals surface area contributed by atoms with Gasteiger partial charge in [-0.25, -0.2) is 18.7 Å². The number of anilines is 3. The molecule has 2 aliphatic heterocycles. The summed E-state index contributed by atoms with van der Waals surface area (Å²) in [6.07, 6.45) is 0.244. The van der Waals surface area contributed by atoms with Crippen LogP contribution in [0.4, 0.5) is 26.1 Å². The molecule has 9 heteroatoms. The van der Waals surface area contributed by atoms with Crippen LogP contribution >= 0.6 is 0 Å². The van der Waals surface area contributed by atoms with E-state index < -0.39 is 12.0 Å². The number of carbonyl (C=O) groups is 1. The average Bonchev–Trinajstić information content (AvgIpc) is 2.93. The summed E-state index contributed by atoms with van der Waals surface area (Å²) in [5.41, 5.74) is 9.34. The van der Waals surface area contributed by atoms with Gasteiger partial charge in [-0.05, 0) is 49.9 Å². The van der Waals surface area contributed by atoms with E-state index in [1.807, 2.05) is 26.0 Å². The highest BCUT2D eigenvalue weighted by Crippen LogP contribution is 2.42. The van der Waals surface area contributed by atoms with Crippen LogP contribution in [0, 0.1) is 13.8 Å². The highest BCUT2D eigenvalue weighted by atomic mass is 19.3. The van der Waals surface area contributed by atoms with Gasteiger partial charge in [0.2, 0.25) is 0 Å². The van der Waals surface area contributed by atoms with E-state index in [0.29, 0.717) is 43.1 Å². The normalized spacial score (nSPS) is 18.2. The maximum atomic E-state index is 12.7. The zero-order valence-corrected chi connectivity index (χ0v) is 16.4. The lowest BCUT2D eigenvalue weighted by Crippen LogP contribution is -2.50. The number of aryl methyl sites for hydroxylation is 1.